The van der Waals surface area contributed by atoms with Gasteiger partial charge >= 0.3 is 0 Å². The van der Waals surface area contributed by atoms with E-state index in [9.17, 15) is 0 Å². The molecule has 0 radical (unpaired) electrons. The number of nitrogens with zero attached hydrogens (tertiary/aromatic N) is 2. The zero-order valence-corrected chi connectivity index (χ0v) is 12.6. The van der Waals surface area contributed by atoms with E-state index in [-0.39, 0.29) is 0 Å². The molecule has 0 aliphatic carbocycles. The van der Waals surface area contributed by atoms with Gasteiger partial charge in [0, 0.05) is 5.38 Å². The molecule has 0 aromatic carbocycles. The van der Waals surface area contributed by atoms with Crippen LogP contribution < -0.4 is 5.32 Å². The van der Waals surface area contributed by atoms with Crippen molar-refractivity contribution in [3.05, 3.63) is 11.1 Å². The molecule has 0 aliphatic rings. The normalized spacial score (nSPS) is 12.8. The molecule has 1 atom stereocenters. The smallest absolute Gasteiger partial charge is 0.0924 e. The zero-order chi connectivity index (χ0) is 13.1. The Morgan fingerprint density at radius 2 is 1.89 bits per heavy atom. The van der Waals surface area contributed by atoms with Gasteiger partial charge in [-0.3, -0.25) is 0 Å². The van der Waals surface area contributed by atoms with Gasteiger partial charge in [-0.05, 0) is 30.9 Å². The van der Waals surface area contributed by atoms with E-state index in [4.69, 9.17) is 0 Å². The second-order valence-electron chi connectivity index (χ2n) is 4.89. The van der Waals surface area contributed by atoms with Crippen molar-refractivity contribution in [3.8, 4) is 0 Å². The van der Waals surface area contributed by atoms with Crippen LogP contribution in [0.2, 0.25) is 0 Å². The maximum absolute atomic E-state index is 4.20. The minimum absolute atomic E-state index is 0.412. The second kappa shape index (κ2) is 10.4. The molecule has 1 aromatic heterocycles. The van der Waals surface area contributed by atoms with Crippen LogP contribution in [-0.2, 0) is 0 Å². The van der Waals surface area contributed by atoms with Crippen molar-refractivity contribution in [1.82, 2.24) is 14.9 Å². The van der Waals surface area contributed by atoms with Crippen molar-refractivity contribution in [2.24, 2.45) is 0 Å². The minimum Gasteiger partial charge on any atom is -0.309 e. The van der Waals surface area contributed by atoms with E-state index >= 15 is 0 Å². The predicted octanol–water partition coefficient (Wildman–Crippen LogP) is 4.33. The highest BCUT2D eigenvalue weighted by molar-refractivity contribution is 7.03. The molecule has 0 fully saturated rings. The molecule has 1 unspecified atom stereocenters. The van der Waals surface area contributed by atoms with Crippen LogP contribution in [0, 0.1) is 0 Å². The van der Waals surface area contributed by atoms with Crippen molar-refractivity contribution in [2.45, 2.75) is 71.3 Å². The van der Waals surface area contributed by atoms with Gasteiger partial charge in [0.1, 0.15) is 0 Å². The predicted molar refractivity (Wildman–Crippen MR) is 78.9 cm³/mol. The average molecular weight is 269 g/mol. The van der Waals surface area contributed by atoms with Crippen LogP contribution in [0.25, 0.3) is 0 Å². The van der Waals surface area contributed by atoms with Gasteiger partial charge < -0.3 is 5.32 Å². The highest BCUT2D eigenvalue weighted by Crippen LogP contribution is 2.19. The van der Waals surface area contributed by atoms with Crippen molar-refractivity contribution < 1.29 is 0 Å². The van der Waals surface area contributed by atoms with E-state index in [1.165, 1.54) is 62.9 Å². The lowest BCUT2D eigenvalue weighted by atomic mass is 10.0. The van der Waals surface area contributed by atoms with Crippen LogP contribution in [0.1, 0.15) is 76.9 Å². The van der Waals surface area contributed by atoms with Gasteiger partial charge in [-0.2, -0.15) is 0 Å². The van der Waals surface area contributed by atoms with Crippen molar-refractivity contribution in [3.63, 3.8) is 0 Å². The van der Waals surface area contributed by atoms with Gasteiger partial charge in [-0.1, -0.05) is 56.9 Å². The third-order valence-corrected chi connectivity index (χ3v) is 3.74. The summed E-state index contributed by atoms with van der Waals surface area (Å²) in [5.74, 6) is 0. The third-order valence-electron chi connectivity index (χ3n) is 3.22. The molecule has 3 nitrogen and oxygen atoms in total. The Morgan fingerprint density at radius 3 is 2.56 bits per heavy atom. The largest absolute Gasteiger partial charge is 0.309 e. The molecule has 104 valence electrons. The van der Waals surface area contributed by atoms with E-state index < -0.39 is 0 Å². The molecule has 0 saturated carbocycles. The molecular formula is C14H27N3S. The summed E-state index contributed by atoms with van der Waals surface area (Å²) in [6.45, 7) is 5.53. The number of rotatable bonds is 11. The molecule has 18 heavy (non-hydrogen) atoms. The van der Waals surface area contributed by atoms with Gasteiger partial charge in [0.2, 0.25) is 0 Å². The van der Waals surface area contributed by atoms with Gasteiger partial charge in [0.25, 0.3) is 0 Å². The lowest BCUT2D eigenvalue weighted by molar-refractivity contribution is 0.458. The Labute approximate surface area is 116 Å². The van der Waals surface area contributed by atoms with Crippen molar-refractivity contribution in [2.75, 3.05) is 6.54 Å². The molecule has 0 saturated heterocycles. The molecule has 0 amide bonds. The summed E-state index contributed by atoms with van der Waals surface area (Å²) < 4.78 is 3.97. The fraction of sp³-hybridized carbons (Fsp3) is 0.857. The molecule has 4 heteroatoms. The van der Waals surface area contributed by atoms with Crippen LogP contribution in [0.5, 0.6) is 0 Å². The number of nitrogens with one attached hydrogen (secondary N) is 1. The summed E-state index contributed by atoms with van der Waals surface area (Å²) in [5, 5.41) is 9.86. The molecule has 0 spiro atoms. The van der Waals surface area contributed by atoms with Gasteiger partial charge in [0.05, 0.1) is 11.7 Å². The van der Waals surface area contributed by atoms with E-state index in [0.29, 0.717) is 6.04 Å². The lowest BCUT2D eigenvalue weighted by Gasteiger charge is -2.15. The Bertz CT molecular complexity index is 275. The molecule has 1 N–H and O–H groups in total. The average Bonchev–Trinajstić information content (AvgIpc) is 2.91. The fourth-order valence-corrected chi connectivity index (χ4v) is 2.63. The number of hydrogen-bond acceptors (Lipinski definition) is 4. The van der Waals surface area contributed by atoms with Crippen LogP contribution >= 0.6 is 11.5 Å². The van der Waals surface area contributed by atoms with Gasteiger partial charge in [-0.15, -0.1) is 5.10 Å². The number of unbranched alkanes of at least 4 members (excludes halogenated alkanes) is 5. The first kappa shape index (κ1) is 15.6. The SMILES string of the molecule is CCCCCCCCC(NCCC)c1csnn1. The summed E-state index contributed by atoms with van der Waals surface area (Å²) in [5.41, 5.74) is 1.13. The Hall–Kier alpha value is -0.480. The maximum atomic E-state index is 4.20. The lowest BCUT2D eigenvalue weighted by Crippen LogP contribution is -2.22. The van der Waals surface area contributed by atoms with Gasteiger partial charge in [-0.25, -0.2) is 0 Å². The zero-order valence-electron chi connectivity index (χ0n) is 11.8. The summed E-state index contributed by atoms with van der Waals surface area (Å²) >= 11 is 1.45. The number of aromatic nitrogens is 2. The topological polar surface area (TPSA) is 37.8 Å². The van der Waals surface area contributed by atoms with Crippen LogP contribution in [-0.4, -0.2) is 16.1 Å². The van der Waals surface area contributed by atoms with E-state index in [1.54, 1.807) is 0 Å². The molecule has 1 heterocycles. The first-order valence-electron chi connectivity index (χ1n) is 7.38. The summed E-state index contributed by atoms with van der Waals surface area (Å²) in [7, 11) is 0. The highest BCUT2D eigenvalue weighted by atomic mass is 32.1. The summed E-state index contributed by atoms with van der Waals surface area (Å²) in [6, 6.07) is 0.412. The minimum atomic E-state index is 0.412. The van der Waals surface area contributed by atoms with Crippen molar-refractivity contribution in [1.29, 1.82) is 0 Å². The second-order valence-corrected chi connectivity index (χ2v) is 5.50. The quantitative estimate of drug-likeness (QED) is 0.608. The first-order valence-corrected chi connectivity index (χ1v) is 8.22. The van der Waals surface area contributed by atoms with Crippen molar-refractivity contribution >= 4 is 11.5 Å². The molecule has 0 aliphatic heterocycles. The standard InChI is InChI=1S/C14H27N3S/c1-3-5-6-7-8-9-10-13(15-11-4-2)14-12-18-17-16-14/h12-13,15H,3-11H2,1-2H3. The Balaban J connectivity index is 2.20. The summed E-state index contributed by atoms with van der Waals surface area (Å²) in [6.07, 6.45) is 10.5. The number of hydrogen-bond donors (Lipinski definition) is 1. The Morgan fingerprint density at radius 1 is 1.11 bits per heavy atom. The van der Waals surface area contributed by atoms with E-state index in [2.05, 4.69) is 34.1 Å². The van der Waals surface area contributed by atoms with E-state index in [0.717, 1.165) is 12.2 Å². The van der Waals surface area contributed by atoms with E-state index in [1.807, 2.05) is 0 Å². The summed E-state index contributed by atoms with van der Waals surface area (Å²) in [4.78, 5) is 0. The van der Waals surface area contributed by atoms with Crippen LogP contribution in [0.3, 0.4) is 0 Å². The molecule has 1 rings (SSSR count). The third kappa shape index (κ3) is 6.45. The van der Waals surface area contributed by atoms with Crippen LogP contribution in [0.4, 0.5) is 0 Å². The first-order chi connectivity index (χ1) is 8.88. The maximum Gasteiger partial charge on any atom is 0.0924 e. The molecular weight excluding hydrogens is 242 g/mol. The monoisotopic (exact) mass is 269 g/mol. The molecule has 1 aromatic rings. The van der Waals surface area contributed by atoms with Gasteiger partial charge in [0.15, 0.2) is 0 Å². The van der Waals surface area contributed by atoms with Crippen LogP contribution in [0.15, 0.2) is 5.38 Å². The fourth-order valence-electron chi connectivity index (χ4n) is 2.13. The highest BCUT2D eigenvalue weighted by Gasteiger charge is 2.12. The Kier molecular flexibility index (Phi) is 9.04. The molecule has 0 bridgehead atoms.